The number of nitriles is 1. The van der Waals surface area contributed by atoms with Crippen molar-refractivity contribution in [1.29, 1.82) is 5.26 Å². The fourth-order valence-electron chi connectivity index (χ4n) is 2.17. The molecule has 0 unspecified atom stereocenters. The predicted octanol–water partition coefficient (Wildman–Crippen LogP) is 4.61. The van der Waals surface area contributed by atoms with Crippen LogP contribution in [0.5, 0.6) is 0 Å². The highest BCUT2D eigenvalue weighted by Crippen LogP contribution is 2.33. The van der Waals surface area contributed by atoms with Gasteiger partial charge in [-0.25, -0.2) is 18.7 Å². The Morgan fingerprint density at radius 2 is 1.30 bits per heavy atom. The molecule has 0 saturated heterocycles. The van der Waals surface area contributed by atoms with Gasteiger partial charge in [0.25, 0.3) is 0 Å². The van der Waals surface area contributed by atoms with Crippen molar-refractivity contribution in [2.45, 2.75) is 0 Å². The van der Waals surface area contributed by atoms with Crippen molar-refractivity contribution in [3.8, 4) is 28.6 Å². The Bertz CT molecular complexity index is 935. The van der Waals surface area contributed by atoms with Crippen LogP contribution in [-0.4, -0.2) is 9.97 Å². The van der Waals surface area contributed by atoms with Crippen molar-refractivity contribution < 1.29 is 8.78 Å². The molecule has 112 valence electrons. The lowest BCUT2D eigenvalue weighted by molar-refractivity contribution is 0.628. The van der Waals surface area contributed by atoms with Gasteiger partial charge in [0.1, 0.15) is 29.1 Å². The van der Waals surface area contributed by atoms with E-state index in [0.717, 1.165) is 0 Å². The predicted molar refractivity (Wildman–Crippen MR) is 82.5 cm³/mol. The first kappa shape index (κ1) is 15.1. The van der Waals surface area contributed by atoms with Crippen LogP contribution >= 0.6 is 11.6 Å². The molecule has 3 aromatic rings. The molecule has 0 N–H and O–H groups in total. The number of aromatic nitrogens is 2. The largest absolute Gasteiger partial charge is 0.232 e. The van der Waals surface area contributed by atoms with Gasteiger partial charge >= 0.3 is 0 Å². The van der Waals surface area contributed by atoms with Gasteiger partial charge in [-0.3, -0.25) is 0 Å². The summed E-state index contributed by atoms with van der Waals surface area (Å²) in [6.07, 6.45) is 0. The normalized spacial score (nSPS) is 10.3. The van der Waals surface area contributed by atoms with Gasteiger partial charge in [-0.1, -0.05) is 35.9 Å². The minimum Gasteiger partial charge on any atom is -0.232 e. The van der Waals surface area contributed by atoms with Gasteiger partial charge in [-0.15, -0.1) is 0 Å². The van der Waals surface area contributed by atoms with Crippen molar-refractivity contribution in [1.82, 2.24) is 9.97 Å². The molecule has 0 bridgehead atoms. The number of hydrogen-bond donors (Lipinski definition) is 0. The Morgan fingerprint density at radius 1 is 0.826 bits per heavy atom. The summed E-state index contributed by atoms with van der Waals surface area (Å²) in [4.78, 5) is 8.14. The van der Waals surface area contributed by atoms with Crippen LogP contribution in [0.2, 0.25) is 5.15 Å². The fourth-order valence-corrected chi connectivity index (χ4v) is 2.34. The van der Waals surface area contributed by atoms with Crippen LogP contribution in [0.25, 0.3) is 22.5 Å². The summed E-state index contributed by atoms with van der Waals surface area (Å²) < 4.78 is 28.2. The topological polar surface area (TPSA) is 49.6 Å². The Morgan fingerprint density at radius 3 is 1.78 bits per heavy atom. The second-order valence-corrected chi connectivity index (χ2v) is 4.99. The molecule has 0 radical (unpaired) electrons. The lowest BCUT2D eigenvalue weighted by atomic mass is 10.0. The number of rotatable bonds is 2. The van der Waals surface area contributed by atoms with Crippen LogP contribution in [0.3, 0.4) is 0 Å². The average molecular weight is 328 g/mol. The zero-order valence-electron chi connectivity index (χ0n) is 11.6. The van der Waals surface area contributed by atoms with E-state index in [1.807, 2.05) is 0 Å². The Labute approximate surface area is 135 Å². The van der Waals surface area contributed by atoms with Crippen LogP contribution < -0.4 is 0 Å². The minimum atomic E-state index is -0.550. The molecule has 1 heterocycles. The molecule has 0 aliphatic carbocycles. The van der Waals surface area contributed by atoms with E-state index in [-0.39, 0.29) is 33.4 Å². The monoisotopic (exact) mass is 327 g/mol. The van der Waals surface area contributed by atoms with E-state index >= 15 is 0 Å². The second kappa shape index (κ2) is 6.11. The zero-order valence-corrected chi connectivity index (χ0v) is 12.4. The highest BCUT2D eigenvalue weighted by Gasteiger charge is 2.20. The molecule has 0 amide bonds. The molecule has 0 spiro atoms. The van der Waals surface area contributed by atoms with E-state index in [0.29, 0.717) is 0 Å². The van der Waals surface area contributed by atoms with Crippen LogP contribution in [-0.2, 0) is 0 Å². The zero-order chi connectivity index (χ0) is 16.4. The molecular formula is C17H8ClF2N3. The maximum Gasteiger partial charge on any atom is 0.178 e. The number of benzene rings is 2. The molecule has 6 heteroatoms. The fraction of sp³-hybridized carbons (Fsp3) is 0. The molecule has 1 aromatic heterocycles. The highest BCUT2D eigenvalue weighted by molar-refractivity contribution is 6.30. The van der Waals surface area contributed by atoms with Gasteiger partial charge in [-0.2, -0.15) is 5.26 Å². The lowest BCUT2D eigenvalue weighted by Crippen LogP contribution is -2.00. The lowest BCUT2D eigenvalue weighted by Gasteiger charge is -2.11. The molecule has 23 heavy (non-hydrogen) atoms. The summed E-state index contributed by atoms with van der Waals surface area (Å²) in [5.41, 5.74) is 0.243. The summed E-state index contributed by atoms with van der Waals surface area (Å²) in [5.74, 6) is -1.09. The SMILES string of the molecule is N#Cc1nc(-c2ccccc2F)c(-c2ccccc2F)nc1Cl. The van der Waals surface area contributed by atoms with Crippen LogP contribution in [0.1, 0.15) is 5.69 Å². The summed E-state index contributed by atoms with van der Waals surface area (Å²) in [5, 5.41) is 8.91. The van der Waals surface area contributed by atoms with Gasteiger partial charge < -0.3 is 0 Å². The standard InChI is InChI=1S/C17H8ClF2N3/c18-17-14(9-21)22-15(10-5-1-3-7-12(10)19)16(23-17)11-6-2-4-8-13(11)20/h1-8H. The van der Waals surface area contributed by atoms with E-state index in [9.17, 15) is 8.78 Å². The average Bonchev–Trinajstić information content (AvgIpc) is 2.56. The summed E-state index contributed by atoms with van der Waals surface area (Å²) >= 11 is 5.92. The van der Waals surface area contributed by atoms with E-state index < -0.39 is 11.6 Å². The first-order chi connectivity index (χ1) is 11.1. The second-order valence-electron chi connectivity index (χ2n) is 4.63. The Kier molecular flexibility index (Phi) is 4.00. The van der Waals surface area contributed by atoms with Crippen LogP contribution in [0, 0.1) is 23.0 Å². The van der Waals surface area contributed by atoms with Crippen molar-refractivity contribution in [2.75, 3.05) is 0 Å². The number of nitrogens with zero attached hydrogens (tertiary/aromatic N) is 3. The van der Waals surface area contributed by atoms with Gasteiger partial charge in [0.15, 0.2) is 10.8 Å². The van der Waals surface area contributed by atoms with Crippen molar-refractivity contribution in [2.24, 2.45) is 0 Å². The van der Waals surface area contributed by atoms with E-state index in [2.05, 4.69) is 9.97 Å². The first-order valence-corrected chi connectivity index (χ1v) is 6.97. The number of hydrogen-bond acceptors (Lipinski definition) is 3. The molecule has 3 nitrogen and oxygen atoms in total. The van der Waals surface area contributed by atoms with Gasteiger partial charge in [0.2, 0.25) is 0 Å². The van der Waals surface area contributed by atoms with E-state index in [1.54, 1.807) is 18.2 Å². The van der Waals surface area contributed by atoms with E-state index in [1.165, 1.54) is 36.4 Å². The minimum absolute atomic E-state index is 0.0640. The summed E-state index contributed by atoms with van der Waals surface area (Å²) in [7, 11) is 0. The molecule has 2 aromatic carbocycles. The van der Waals surface area contributed by atoms with Crippen molar-refractivity contribution >= 4 is 11.6 Å². The van der Waals surface area contributed by atoms with E-state index in [4.69, 9.17) is 16.9 Å². The van der Waals surface area contributed by atoms with Crippen molar-refractivity contribution in [3.05, 3.63) is 71.0 Å². The molecule has 0 atom stereocenters. The molecule has 0 fully saturated rings. The Balaban J connectivity index is 2.36. The molecule has 0 aliphatic heterocycles. The summed E-state index contributed by atoms with van der Waals surface area (Å²) in [6.45, 7) is 0. The maximum absolute atomic E-state index is 14.1. The van der Waals surface area contributed by atoms with Crippen LogP contribution in [0.4, 0.5) is 8.78 Å². The highest BCUT2D eigenvalue weighted by atomic mass is 35.5. The third-order valence-electron chi connectivity index (χ3n) is 3.22. The summed E-state index contributed by atoms with van der Waals surface area (Å²) in [6, 6.07) is 13.6. The quantitative estimate of drug-likeness (QED) is 0.690. The third kappa shape index (κ3) is 2.77. The smallest absolute Gasteiger partial charge is 0.178 e. The molecular weight excluding hydrogens is 320 g/mol. The molecule has 0 aliphatic rings. The molecule has 0 saturated carbocycles. The van der Waals surface area contributed by atoms with Crippen LogP contribution in [0.15, 0.2) is 48.5 Å². The first-order valence-electron chi connectivity index (χ1n) is 6.59. The maximum atomic E-state index is 14.1. The molecule has 3 rings (SSSR count). The third-order valence-corrected chi connectivity index (χ3v) is 3.48. The van der Waals surface area contributed by atoms with Crippen molar-refractivity contribution in [3.63, 3.8) is 0 Å². The van der Waals surface area contributed by atoms with Gasteiger partial charge in [-0.05, 0) is 24.3 Å². The van der Waals surface area contributed by atoms with Gasteiger partial charge in [0, 0.05) is 11.1 Å². The van der Waals surface area contributed by atoms with Gasteiger partial charge in [0.05, 0.1) is 0 Å². The Hall–Kier alpha value is -2.84. The number of halogens is 3.